The molecule has 0 aromatic heterocycles. The summed E-state index contributed by atoms with van der Waals surface area (Å²) in [5.74, 6) is 0.870. The molecule has 1 saturated carbocycles. The Morgan fingerprint density at radius 2 is 2.20 bits per heavy atom. The van der Waals surface area contributed by atoms with Crippen LogP contribution >= 0.6 is 0 Å². The van der Waals surface area contributed by atoms with Crippen LogP contribution in [0.25, 0.3) is 0 Å². The van der Waals surface area contributed by atoms with Gasteiger partial charge in [0.2, 0.25) is 5.91 Å². The third kappa shape index (κ3) is 5.28. The number of amides is 1. The molecule has 1 rings (SSSR count). The fourth-order valence-corrected chi connectivity index (χ4v) is 1.94. The molecule has 0 bridgehead atoms. The van der Waals surface area contributed by atoms with Crippen LogP contribution in [0.15, 0.2) is 0 Å². The Morgan fingerprint density at radius 1 is 1.53 bits per heavy atom. The molecule has 0 radical (unpaired) electrons. The Bertz CT molecular complexity index is 242. The van der Waals surface area contributed by atoms with E-state index in [9.17, 15) is 9.00 Å². The summed E-state index contributed by atoms with van der Waals surface area (Å²) >= 11 is 0. The lowest BCUT2D eigenvalue weighted by molar-refractivity contribution is -0.129. The molecule has 1 unspecified atom stereocenters. The number of hydrogen-bond donors (Lipinski definition) is 1. The van der Waals surface area contributed by atoms with Crippen molar-refractivity contribution in [2.75, 3.05) is 32.1 Å². The van der Waals surface area contributed by atoms with E-state index in [1.165, 1.54) is 0 Å². The first-order valence-electron chi connectivity index (χ1n) is 5.37. The van der Waals surface area contributed by atoms with Gasteiger partial charge in [-0.1, -0.05) is 0 Å². The lowest BCUT2D eigenvalue weighted by Gasteiger charge is -2.16. The van der Waals surface area contributed by atoms with Crippen LogP contribution in [0.2, 0.25) is 0 Å². The van der Waals surface area contributed by atoms with Gasteiger partial charge in [0.25, 0.3) is 0 Å². The van der Waals surface area contributed by atoms with Crippen LogP contribution in [0.5, 0.6) is 0 Å². The molecule has 5 heteroatoms. The number of nitrogens with zero attached hydrogens (tertiary/aromatic N) is 1. The van der Waals surface area contributed by atoms with Crippen molar-refractivity contribution in [3.05, 3.63) is 0 Å². The number of hydrogen-bond acceptors (Lipinski definition) is 3. The highest BCUT2D eigenvalue weighted by Gasteiger charge is 2.28. The van der Waals surface area contributed by atoms with Crippen LogP contribution in [-0.4, -0.2) is 53.2 Å². The van der Waals surface area contributed by atoms with E-state index in [0.717, 1.165) is 25.8 Å². The van der Waals surface area contributed by atoms with Crippen LogP contribution in [0, 0.1) is 0 Å². The summed E-state index contributed by atoms with van der Waals surface area (Å²) in [6, 6.07) is 0.488. The number of carbonyl (C=O) groups is 1. The molecule has 0 saturated heterocycles. The standard InChI is InChI=1S/C10H20N2O2S/c1-12(9-4-5-9)10(13)8-11-6-3-7-15(2)14/h9,11H,3-8H2,1-2H3. The minimum Gasteiger partial charge on any atom is -0.342 e. The maximum Gasteiger partial charge on any atom is 0.236 e. The fraction of sp³-hybridized carbons (Fsp3) is 0.900. The van der Waals surface area contributed by atoms with Gasteiger partial charge in [0, 0.05) is 35.9 Å². The Labute approximate surface area is 93.9 Å². The molecule has 88 valence electrons. The molecular weight excluding hydrogens is 212 g/mol. The van der Waals surface area contributed by atoms with Crippen molar-refractivity contribution in [1.82, 2.24) is 10.2 Å². The van der Waals surface area contributed by atoms with Gasteiger partial charge in [-0.25, -0.2) is 0 Å². The Hall–Kier alpha value is -0.420. The topological polar surface area (TPSA) is 49.4 Å². The molecule has 15 heavy (non-hydrogen) atoms. The van der Waals surface area contributed by atoms with Gasteiger partial charge in [-0.05, 0) is 25.8 Å². The molecule has 0 aromatic carbocycles. The normalized spacial score (nSPS) is 17.5. The summed E-state index contributed by atoms with van der Waals surface area (Å²) in [7, 11) is 1.14. The summed E-state index contributed by atoms with van der Waals surface area (Å²) in [5, 5.41) is 3.08. The molecule has 1 aliphatic carbocycles. The largest absolute Gasteiger partial charge is 0.342 e. The van der Waals surface area contributed by atoms with Crippen molar-refractivity contribution in [3.63, 3.8) is 0 Å². The first kappa shape index (κ1) is 12.6. The quantitative estimate of drug-likeness (QED) is 0.627. The highest BCUT2D eigenvalue weighted by molar-refractivity contribution is 7.84. The van der Waals surface area contributed by atoms with Crippen LogP contribution < -0.4 is 5.32 Å². The highest BCUT2D eigenvalue weighted by atomic mass is 32.2. The van der Waals surface area contributed by atoms with Gasteiger partial charge in [-0.2, -0.15) is 0 Å². The third-order valence-electron chi connectivity index (χ3n) is 2.55. The predicted octanol–water partition coefficient (Wildman–Crippen LogP) is -0.0346. The van der Waals surface area contributed by atoms with Crippen LogP contribution in [0.1, 0.15) is 19.3 Å². The highest BCUT2D eigenvalue weighted by Crippen LogP contribution is 2.24. The molecule has 4 nitrogen and oxygen atoms in total. The first-order chi connectivity index (χ1) is 7.11. The van der Waals surface area contributed by atoms with E-state index in [0.29, 0.717) is 18.3 Å². The fourth-order valence-electron chi connectivity index (χ4n) is 1.39. The number of carbonyl (C=O) groups excluding carboxylic acids is 1. The van der Waals surface area contributed by atoms with Gasteiger partial charge in [0.15, 0.2) is 0 Å². The molecule has 1 aliphatic rings. The van der Waals surface area contributed by atoms with Gasteiger partial charge in [-0.3, -0.25) is 9.00 Å². The first-order valence-corrected chi connectivity index (χ1v) is 7.10. The van der Waals surface area contributed by atoms with Crippen molar-refractivity contribution in [3.8, 4) is 0 Å². The molecule has 0 spiro atoms. The van der Waals surface area contributed by atoms with Crippen molar-refractivity contribution in [1.29, 1.82) is 0 Å². The number of rotatable bonds is 7. The van der Waals surface area contributed by atoms with Crippen molar-refractivity contribution in [2.24, 2.45) is 0 Å². The summed E-state index contributed by atoms with van der Waals surface area (Å²) in [5.41, 5.74) is 0. The summed E-state index contributed by atoms with van der Waals surface area (Å²) < 4.78 is 10.8. The van der Waals surface area contributed by atoms with Gasteiger partial charge < -0.3 is 10.2 Å². The van der Waals surface area contributed by atoms with E-state index < -0.39 is 10.8 Å². The lowest BCUT2D eigenvalue weighted by atomic mass is 10.4. The molecule has 0 heterocycles. The SMILES string of the molecule is CN(C(=O)CNCCCS(C)=O)C1CC1. The zero-order chi connectivity index (χ0) is 11.3. The average molecular weight is 232 g/mol. The second-order valence-corrected chi connectivity index (χ2v) is 5.60. The zero-order valence-corrected chi connectivity index (χ0v) is 10.3. The minimum absolute atomic E-state index is 0.162. The van der Waals surface area contributed by atoms with Crippen LogP contribution in [0.4, 0.5) is 0 Å². The monoisotopic (exact) mass is 232 g/mol. The predicted molar refractivity (Wildman–Crippen MR) is 62.2 cm³/mol. The summed E-state index contributed by atoms with van der Waals surface area (Å²) in [4.78, 5) is 13.3. The number of nitrogens with one attached hydrogen (secondary N) is 1. The second kappa shape index (κ2) is 6.23. The molecule has 1 N–H and O–H groups in total. The smallest absolute Gasteiger partial charge is 0.236 e. The molecular formula is C10H20N2O2S. The zero-order valence-electron chi connectivity index (χ0n) is 9.49. The molecule has 0 aromatic rings. The van der Waals surface area contributed by atoms with Crippen molar-refractivity contribution in [2.45, 2.75) is 25.3 Å². The Balaban J connectivity index is 1.99. The Morgan fingerprint density at radius 3 is 2.73 bits per heavy atom. The van der Waals surface area contributed by atoms with Gasteiger partial charge >= 0.3 is 0 Å². The maximum atomic E-state index is 11.5. The average Bonchev–Trinajstić information content (AvgIpc) is 2.98. The molecule has 1 amide bonds. The Kier molecular flexibility index (Phi) is 5.25. The molecule has 0 aliphatic heterocycles. The van der Waals surface area contributed by atoms with Gasteiger partial charge in [-0.15, -0.1) is 0 Å². The maximum absolute atomic E-state index is 11.5. The van der Waals surface area contributed by atoms with E-state index in [1.807, 2.05) is 11.9 Å². The van der Waals surface area contributed by atoms with E-state index >= 15 is 0 Å². The van der Waals surface area contributed by atoms with E-state index in [4.69, 9.17) is 0 Å². The third-order valence-corrected chi connectivity index (χ3v) is 3.41. The van der Waals surface area contributed by atoms with Crippen molar-refractivity contribution >= 4 is 16.7 Å². The summed E-state index contributed by atoms with van der Waals surface area (Å²) in [6.45, 7) is 1.17. The molecule has 1 atom stereocenters. The van der Waals surface area contributed by atoms with Crippen LogP contribution in [0.3, 0.4) is 0 Å². The van der Waals surface area contributed by atoms with Crippen molar-refractivity contribution < 1.29 is 9.00 Å². The van der Waals surface area contributed by atoms with Gasteiger partial charge in [0.1, 0.15) is 0 Å². The lowest BCUT2D eigenvalue weighted by Crippen LogP contribution is -2.37. The van der Waals surface area contributed by atoms with E-state index in [1.54, 1.807) is 6.26 Å². The minimum atomic E-state index is -0.721. The van der Waals surface area contributed by atoms with E-state index in [2.05, 4.69) is 5.32 Å². The molecule has 1 fully saturated rings. The van der Waals surface area contributed by atoms with E-state index in [-0.39, 0.29) is 5.91 Å². The van der Waals surface area contributed by atoms with Crippen LogP contribution in [-0.2, 0) is 15.6 Å². The number of likely N-dealkylation sites (N-methyl/N-ethyl adjacent to an activating group) is 1. The van der Waals surface area contributed by atoms with Gasteiger partial charge in [0.05, 0.1) is 6.54 Å². The second-order valence-electron chi connectivity index (χ2n) is 4.04. The summed E-state index contributed by atoms with van der Waals surface area (Å²) in [6.07, 6.45) is 4.86.